The van der Waals surface area contributed by atoms with Crippen LogP contribution in [0.25, 0.3) is 11.1 Å². The fraction of sp³-hybridized carbons (Fsp3) is 0.368. The lowest BCUT2D eigenvalue weighted by Crippen LogP contribution is -2.17. The van der Waals surface area contributed by atoms with Gasteiger partial charge in [0.25, 0.3) is 0 Å². The maximum Gasteiger partial charge on any atom is 0.194 e. The zero-order valence-electron chi connectivity index (χ0n) is 13.2. The molecule has 0 aliphatic heterocycles. The van der Waals surface area contributed by atoms with Crippen LogP contribution in [0.1, 0.15) is 37.3 Å². The molecule has 0 N–H and O–H groups in total. The lowest BCUT2D eigenvalue weighted by Gasteiger charge is -2.26. The first-order valence-corrected chi connectivity index (χ1v) is 8.07. The summed E-state index contributed by atoms with van der Waals surface area (Å²) in [6, 6.07) is 2.48. The monoisotopic (exact) mass is 340 g/mol. The van der Waals surface area contributed by atoms with E-state index < -0.39 is 34.6 Å². The minimum atomic E-state index is -1.65. The van der Waals surface area contributed by atoms with Crippen LogP contribution in [-0.4, -0.2) is 0 Å². The van der Waals surface area contributed by atoms with Crippen molar-refractivity contribution in [2.45, 2.75) is 39.0 Å². The molecular formula is C19H17F5. The molecule has 3 rings (SSSR count). The van der Waals surface area contributed by atoms with Gasteiger partial charge in [0, 0.05) is 0 Å². The fourth-order valence-corrected chi connectivity index (χ4v) is 3.54. The Bertz CT molecular complexity index is 759. The van der Waals surface area contributed by atoms with Gasteiger partial charge >= 0.3 is 0 Å². The summed E-state index contributed by atoms with van der Waals surface area (Å²) < 4.78 is 69.1. The van der Waals surface area contributed by atoms with E-state index >= 15 is 0 Å². The van der Waals surface area contributed by atoms with Gasteiger partial charge in [0.15, 0.2) is 17.5 Å². The minimum Gasteiger partial charge on any atom is -0.206 e. The van der Waals surface area contributed by atoms with Crippen molar-refractivity contribution in [2.75, 3.05) is 0 Å². The van der Waals surface area contributed by atoms with E-state index in [1.165, 1.54) is 6.07 Å². The maximum atomic E-state index is 14.8. The van der Waals surface area contributed by atoms with Gasteiger partial charge in [0.1, 0.15) is 11.6 Å². The van der Waals surface area contributed by atoms with E-state index in [0.717, 1.165) is 19.3 Å². The van der Waals surface area contributed by atoms with Crippen LogP contribution in [0.2, 0.25) is 0 Å². The highest BCUT2D eigenvalue weighted by molar-refractivity contribution is 5.67. The predicted octanol–water partition coefficient (Wildman–Crippen LogP) is 5.95. The highest BCUT2D eigenvalue weighted by atomic mass is 19.2. The van der Waals surface area contributed by atoms with Gasteiger partial charge in [-0.3, -0.25) is 0 Å². The molecule has 2 aromatic carbocycles. The lowest BCUT2D eigenvalue weighted by atomic mass is 9.80. The molecular weight excluding hydrogens is 323 g/mol. The summed E-state index contributed by atoms with van der Waals surface area (Å²) in [6.45, 7) is 2.07. The number of hydrogen-bond donors (Lipinski definition) is 0. The minimum absolute atomic E-state index is 0.333. The highest BCUT2D eigenvalue weighted by Gasteiger charge is 2.26. The number of benzene rings is 2. The largest absolute Gasteiger partial charge is 0.206 e. The molecule has 2 aromatic rings. The number of fused-ring (bicyclic) bond motifs is 1. The van der Waals surface area contributed by atoms with Gasteiger partial charge in [-0.1, -0.05) is 19.8 Å². The SMILES string of the molecule is CCCC1CCc2c(cc(F)c(-c3cc(F)c(F)c(F)c3)c2F)C1. The molecule has 1 aliphatic rings. The van der Waals surface area contributed by atoms with Crippen molar-refractivity contribution in [3.63, 3.8) is 0 Å². The van der Waals surface area contributed by atoms with Crippen LogP contribution in [-0.2, 0) is 12.8 Å². The molecule has 0 amide bonds. The molecule has 1 unspecified atom stereocenters. The van der Waals surface area contributed by atoms with E-state index in [-0.39, 0.29) is 5.56 Å². The van der Waals surface area contributed by atoms with Crippen LogP contribution in [0.15, 0.2) is 18.2 Å². The van der Waals surface area contributed by atoms with E-state index in [0.29, 0.717) is 42.0 Å². The van der Waals surface area contributed by atoms with E-state index in [1.54, 1.807) is 0 Å². The van der Waals surface area contributed by atoms with Gasteiger partial charge in [0.2, 0.25) is 0 Å². The van der Waals surface area contributed by atoms with E-state index in [4.69, 9.17) is 0 Å². The number of halogens is 5. The molecule has 0 nitrogen and oxygen atoms in total. The quantitative estimate of drug-likeness (QED) is 0.478. The molecule has 1 aliphatic carbocycles. The normalized spacial score (nSPS) is 17.0. The van der Waals surface area contributed by atoms with Crippen molar-refractivity contribution in [1.82, 2.24) is 0 Å². The van der Waals surface area contributed by atoms with E-state index in [9.17, 15) is 22.0 Å². The summed E-state index contributed by atoms with van der Waals surface area (Å²) in [7, 11) is 0. The maximum absolute atomic E-state index is 14.8. The molecule has 0 saturated heterocycles. The zero-order chi connectivity index (χ0) is 17.4. The Labute approximate surface area is 137 Å². The van der Waals surface area contributed by atoms with Crippen LogP contribution in [0.5, 0.6) is 0 Å². The molecule has 0 saturated carbocycles. The zero-order valence-corrected chi connectivity index (χ0v) is 13.2. The van der Waals surface area contributed by atoms with Crippen LogP contribution >= 0.6 is 0 Å². The van der Waals surface area contributed by atoms with Crippen LogP contribution in [0, 0.1) is 35.0 Å². The lowest BCUT2D eigenvalue weighted by molar-refractivity contribution is 0.412. The number of hydrogen-bond acceptors (Lipinski definition) is 0. The van der Waals surface area contributed by atoms with Gasteiger partial charge in [-0.15, -0.1) is 0 Å². The summed E-state index contributed by atoms with van der Waals surface area (Å²) in [4.78, 5) is 0. The Kier molecular flexibility index (Phi) is 4.61. The summed E-state index contributed by atoms with van der Waals surface area (Å²) >= 11 is 0. The molecule has 0 bridgehead atoms. The first kappa shape index (κ1) is 16.9. The molecule has 0 spiro atoms. The molecule has 0 radical (unpaired) electrons. The van der Waals surface area contributed by atoms with Crippen molar-refractivity contribution in [3.05, 3.63) is 58.4 Å². The van der Waals surface area contributed by atoms with Crippen molar-refractivity contribution in [2.24, 2.45) is 5.92 Å². The first-order valence-electron chi connectivity index (χ1n) is 8.07. The summed E-state index contributed by atoms with van der Waals surface area (Å²) in [6.07, 6.45) is 3.87. The van der Waals surface area contributed by atoms with Gasteiger partial charge < -0.3 is 0 Å². The van der Waals surface area contributed by atoms with Crippen molar-refractivity contribution in [1.29, 1.82) is 0 Å². The van der Waals surface area contributed by atoms with Crippen LogP contribution < -0.4 is 0 Å². The van der Waals surface area contributed by atoms with Crippen molar-refractivity contribution >= 4 is 0 Å². The fourth-order valence-electron chi connectivity index (χ4n) is 3.54. The van der Waals surface area contributed by atoms with Gasteiger partial charge in [0.05, 0.1) is 5.56 Å². The molecule has 0 aromatic heterocycles. The summed E-state index contributed by atoms with van der Waals surface area (Å²) in [5, 5.41) is 0. The smallest absolute Gasteiger partial charge is 0.194 e. The van der Waals surface area contributed by atoms with Crippen molar-refractivity contribution in [3.8, 4) is 11.1 Å². The summed E-state index contributed by atoms with van der Waals surface area (Å²) in [5.41, 5.74) is 0.172. The van der Waals surface area contributed by atoms with Gasteiger partial charge in [-0.05, 0) is 60.1 Å². The van der Waals surface area contributed by atoms with Crippen molar-refractivity contribution < 1.29 is 22.0 Å². The second-order valence-electron chi connectivity index (χ2n) is 6.34. The Balaban J connectivity index is 2.09. The third-order valence-corrected chi connectivity index (χ3v) is 4.69. The number of rotatable bonds is 3. The standard InChI is InChI=1S/C19H17F5/c1-2-3-10-4-5-13-11(6-10)7-14(20)17(18(13)23)12-8-15(21)19(24)16(22)9-12/h7-10H,2-6H2,1H3. The Morgan fingerprint density at radius 1 is 0.917 bits per heavy atom. The second kappa shape index (κ2) is 6.54. The summed E-state index contributed by atoms with van der Waals surface area (Å²) in [5.74, 6) is -5.87. The second-order valence-corrected chi connectivity index (χ2v) is 6.34. The molecule has 24 heavy (non-hydrogen) atoms. The molecule has 128 valence electrons. The average molecular weight is 340 g/mol. The van der Waals surface area contributed by atoms with E-state index in [2.05, 4.69) is 6.92 Å². The molecule has 0 fully saturated rings. The topological polar surface area (TPSA) is 0 Å². The van der Waals surface area contributed by atoms with Gasteiger partial charge in [-0.25, -0.2) is 22.0 Å². The molecule has 1 atom stereocenters. The molecule has 5 heteroatoms. The molecule has 0 heterocycles. The Morgan fingerprint density at radius 2 is 1.58 bits per heavy atom. The van der Waals surface area contributed by atoms with Crippen LogP contribution in [0.4, 0.5) is 22.0 Å². The Hall–Kier alpha value is -1.91. The van der Waals surface area contributed by atoms with Crippen LogP contribution in [0.3, 0.4) is 0 Å². The third kappa shape index (κ3) is 2.92. The Morgan fingerprint density at radius 3 is 2.21 bits per heavy atom. The van der Waals surface area contributed by atoms with Gasteiger partial charge in [-0.2, -0.15) is 0 Å². The highest BCUT2D eigenvalue weighted by Crippen LogP contribution is 2.37. The van der Waals surface area contributed by atoms with E-state index in [1.807, 2.05) is 0 Å². The average Bonchev–Trinajstić information content (AvgIpc) is 2.52. The third-order valence-electron chi connectivity index (χ3n) is 4.69. The first-order chi connectivity index (χ1) is 11.4. The predicted molar refractivity (Wildman–Crippen MR) is 82.1 cm³/mol.